The molecule has 2 aliphatic rings. The predicted octanol–water partition coefficient (Wildman–Crippen LogP) is 6.08. The summed E-state index contributed by atoms with van der Waals surface area (Å²) in [5.74, 6) is 1.75. The van der Waals surface area contributed by atoms with E-state index in [4.69, 9.17) is 4.42 Å². The van der Waals surface area contributed by atoms with Crippen LogP contribution in [0.4, 0.5) is 0 Å². The van der Waals surface area contributed by atoms with Crippen LogP contribution in [0.3, 0.4) is 0 Å². The second-order valence-electron chi connectivity index (χ2n) is 9.43. The molecule has 1 aliphatic heterocycles. The van der Waals surface area contributed by atoms with Gasteiger partial charge < -0.3 is 4.42 Å². The predicted molar refractivity (Wildman–Crippen MR) is 125 cm³/mol. The van der Waals surface area contributed by atoms with Crippen molar-refractivity contribution in [1.29, 1.82) is 0 Å². The van der Waals surface area contributed by atoms with Crippen LogP contribution in [0, 0.1) is 12.8 Å². The average Bonchev–Trinajstić information content (AvgIpc) is 3.11. The lowest BCUT2D eigenvalue weighted by molar-refractivity contribution is -0.734. The Labute approximate surface area is 189 Å². The van der Waals surface area contributed by atoms with Gasteiger partial charge in [-0.2, -0.15) is 4.57 Å². The number of hydrogen-bond acceptors (Lipinski definition) is 3. The molecule has 3 unspecified atom stereocenters. The molecule has 160 valence electrons. The van der Waals surface area contributed by atoms with Crippen LogP contribution in [0.1, 0.15) is 44.7 Å². The monoisotopic (exact) mass is 422 g/mol. The van der Waals surface area contributed by atoms with Crippen molar-refractivity contribution in [3.8, 4) is 34.2 Å². The van der Waals surface area contributed by atoms with Crippen molar-refractivity contribution >= 4 is 0 Å². The Bertz CT molecular complexity index is 1340. The molecule has 3 atom stereocenters. The summed E-state index contributed by atoms with van der Waals surface area (Å²) < 4.78 is 8.61. The molecule has 4 aromatic rings. The van der Waals surface area contributed by atoms with E-state index in [0.717, 1.165) is 17.5 Å². The summed E-state index contributed by atoms with van der Waals surface area (Å²) in [4.78, 5) is 0. The molecular weight excluding hydrogens is 394 g/mol. The summed E-state index contributed by atoms with van der Waals surface area (Å²) in [7, 11) is 0. The summed E-state index contributed by atoms with van der Waals surface area (Å²) in [5.41, 5.74) is 7.44. The van der Waals surface area contributed by atoms with Gasteiger partial charge in [0.15, 0.2) is 11.7 Å². The topological polar surface area (TPSA) is 42.8 Å². The molecule has 0 N–H and O–H groups in total. The summed E-state index contributed by atoms with van der Waals surface area (Å²) in [5, 5.41) is 8.69. The van der Waals surface area contributed by atoms with Crippen LogP contribution in [0.15, 0.2) is 71.3 Å². The highest BCUT2D eigenvalue weighted by Gasteiger charge is 2.82. The SMILES string of the molecule is CCC1C2(CC)c3ccc(-c4nnc(-c5ccc(C)cc5)o4)cc3-c3cccc[n+]3C12C. The fourth-order valence-corrected chi connectivity index (χ4v) is 6.66. The van der Waals surface area contributed by atoms with Gasteiger partial charge in [-0.1, -0.05) is 37.6 Å². The Morgan fingerprint density at radius 2 is 1.66 bits per heavy atom. The maximum absolute atomic E-state index is 6.10. The highest BCUT2D eigenvalue weighted by Crippen LogP contribution is 2.71. The van der Waals surface area contributed by atoms with Gasteiger partial charge in [0.2, 0.25) is 17.5 Å². The summed E-state index contributed by atoms with van der Waals surface area (Å²) in [6, 6.07) is 21.4. The molecule has 1 saturated carbocycles. The van der Waals surface area contributed by atoms with E-state index in [2.05, 4.69) is 97.2 Å². The second kappa shape index (κ2) is 6.61. The van der Waals surface area contributed by atoms with Crippen LogP contribution in [0.5, 0.6) is 0 Å². The molecular formula is C28H28N3O+. The summed E-state index contributed by atoms with van der Waals surface area (Å²) in [6.07, 6.45) is 4.57. The molecule has 6 rings (SSSR count). The van der Waals surface area contributed by atoms with E-state index in [1.807, 2.05) is 12.1 Å². The van der Waals surface area contributed by atoms with E-state index in [9.17, 15) is 0 Å². The quantitative estimate of drug-likeness (QED) is 0.374. The van der Waals surface area contributed by atoms with Gasteiger partial charge in [0.1, 0.15) is 0 Å². The van der Waals surface area contributed by atoms with E-state index in [1.165, 1.54) is 28.8 Å². The first-order chi connectivity index (χ1) is 15.5. The minimum absolute atomic E-state index is 0.130. The van der Waals surface area contributed by atoms with E-state index in [1.54, 1.807) is 0 Å². The Balaban J connectivity index is 1.49. The third-order valence-corrected chi connectivity index (χ3v) is 8.17. The zero-order chi connectivity index (χ0) is 22.1. The number of pyridine rings is 1. The first kappa shape index (κ1) is 19.4. The van der Waals surface area contributed by atoms with Crippen molar-refractivity contribution in [1.82, 2.24) is 10.2 Å². The molecule has 0 radical (unpaired) electrons. The van der Waals surface area contributed by atoms with Gasteiger partial charge in [-0.3, -0.25) is 0 Å². The fourth-order valence-electron chi connectivity index (χ4n) is 6.66. The van der Waals surface area contributed by atoms with Crippen molar-refractivity contribution in [2.24, 2.45) is 5.92 Å². The molecule has 1 aliphatic carbocycles. The molecule has 32 heavy (non-hydrogen) atoms. The van der Waals surface area contributed by atoms with Crippen molar-refractivity contribution in [3.63, 3.8) is 0 Å². The van der Waals surface area contributed by atoms with Crippen LogP contribution in [-0.4, -0.2) is 10.2 Å². The zero-order valence-electron chi connectivity index (χ0n) is 19.1. The van der Waals surface area contributed by atoms with Gasteiger partial charge in [-0.05, 0) is 55.7 Å². The molecule has 0 saturated heterocycles. The Morgan fingerprint density at radius 1 is 0.938 bits per heavy atom. The largest absolute Gasteiger partial charge is 0.416 e. The Hall–Kier alpha value is -3.27. The fraction of sp³-hybridized carbons (Fsp3) is 0.321. The maximum Gasteiger partial charge on any atom is 0.248 e. The average molecular weight is 423 g/mol. The minimum Gasteiger partial charge on any atom is -0.416 e. The van der Waals surface area contributed by atoms with E-state index in [0.29, 0.717) is 17.7 Å². The second-order valence-corrected chi connectivity index (χ2v) is 9.43. The number of fused-ring (bicyclic) bond motifs is 6. The van der Waals surface area contributed by atoms with Gasteiger partial charge in [0.05, 0.1) is 11.0 Å². The van der Waals surface area contributed by atoms with Crippen LogP contribution in [0.25, 0.3) is 34.2 Å². The smallest absolute Gasteiger partial charge is 0.248 e. The van der Waals surface area contributed by atoms with E-state index in [-0.39, 0.29) is 11.0 Å². The van der Waals surface area contributed by atoms with Crippen LogP contribution in [0.2, 0.25) is 0 Å². The molecule has 1 fully saturated rings. The van der Waals surface area contributed by atoms with E-state index >= 15 is 0 Å². The van der Waals surface area contributed by atoms with Crippen LogP contribution in [-0.2, 0) is 11.0 Å². The number of aromatic nitrogens is 3. The highest BCUT2D eigenvalue weighted by atomic mass is 16.4. The minimum atomic E-state index is 0.130. The molecule has 2 aromatic carbocycles. The Morgan fingerprint density at radius 3 is 2.38 bits per heavy atom. The van der Waals surface area contributed by atoms with Crippen molar-refractivity contribution in [2.75, 3.05) is 0 Å². The molecule has 0 bridgehead atoms. The van der Waals surface area contributed by atoms with Crippen molar-refractivity contribution in [2.45, 2.75) is 51.5 Å². The Kier molecular flexibility index (Phi) is 4.01. The van der Waals surface area contributed by atoms with Crippen molar-refractivity contribution in [3.05, 3.63) is 78.0 Å². The van der Waals surface area contributed by atoms with Gasteiger partial charge in [0.25, 0.3) is 0 Å². The number of nitrogens with zero attached hydrogens (tertiary/aromatic N) is 3. The summed E-state index contributed by atoms with van der Waals surface area (Å²) in [6.45, 7) is 9.18. The lowest BCUT2D eigenvalue weighted by atomic mass is 9.80. The van der Waals surface area contributed by atoms with E-state index < -0.39 is 0 Å². The standard InChI is InChI=1S/C28H28N3O/c1-5-24-27(4)28(24,6-2)22-15-14-20(17-21(22)23-9-7-8-16-31(23)27)26-30-29-25(32-26)19-12-10-18(3)11-13-19/h7-17,24H,5-6H2,1-4H3/q+1. The van der Waals surface area contributed by atoms with Gasteiger partial charge in [-0.15, -0.1) is 10.2 Å². The molecule has 0 amide bonds. The number of rotatable bonds is 4. The van der Waals surface area contributed by atoms with Gasteiger partial charge in [0, 0.05) is 36.1 Å². The number of benzene rings is 2. The maximum atomic E-state index is 6.10. The molecule has 2 aromatic heterocycles. The van der Waals surface area contributed by atoms with Crippen LogP contribution < -0.4 is 4.57 Å². The first-order valence-electron chi connectivity index (χ1n) is 11.6. The lowest BCUT2D eigenvalue weighted by Crippen LogP contribution is -2.53. The highest BCUT2D eigenvalue weighted by molar-refractivity contribution is 5.74. The third kappa shape index (κ3) is 2.30. The molecule has 0 spiro atoms. The molecule has 4 heteroatoms. The van der Waals surface area contributed by atoms with Crippen LogP contribution >= 0.6 is 0 Å². The molecule has 4 nitrogen and oxygen atoms in total. The first-order valence-corrected chi connectivity index (χ1v) is 11.6. The lowest BCUT2D eigenvalue weighted by Gasteiger charge is -2.27. The normalized spacial score (nSPS) is 25.1. The number of aryl methyl sites for hydroxylation is 1. The summed E-state index contributed by atoms with van der Waals surface area (Å²) >= 11 is 0. The zero-order valence-corrected chi connectivity index (χ0v) is 19.1. The van der Waals surface area contributed by atoms with Gasteiger partial charge in [-0.25, -0.2) is 0 Å². The van der Waals surface area contributed by atoms with Gasteiger partial charge >= 0.3 is 0 Å². The third-order valence-electron chi connectivity index (χ3n) is 8.17. The van der Waals surface area contributed by atoms with Crippen molar-refractivity contribution < 1.29 is 8.98 Å². The number of hydrogen-bond donors (Lipinski definition) is 0. The molecule has 3 heterocycles.